The predicted octanol–water partition coefficient (Wildman–Crippen LogP) is 1.28. The quantitative estimate of drug-likeness (QED) is 0.611. The Morgan fingerprint density at radius 1 is 1.47 bits per heavy atom. The Balaban J connectivity index is 2.34. The Morgan fingerprint density at radius 2 is 2.16 bits per heavy atom. The van der Waals surface area contributed by atoms with Gasteiger partial charge in [-0.25, -0.2) is 0 Å². The second-order valence-electron chi connectivity index (χ2n) is 4.04. The van der Waals surface area contributed by atoms with Gasteiger partial charge in [0.25, 0.3) is 0 Å². The fraction of sp³-hybridized carbons (Fsp3) is 0.545. The Morgan fingerprint density at radius 3 is 2.74 bits per heavy atom. The molecular weight excluding hydrogens is 272 g/mol. The first-order chi connectivity index (χ1) is 9.13. The van der Waals surface area contributed by atoms with Gasteiger partial charge in [0.05, 0.1) is 22.8 Å². The highest BCUT2D eigenvalue weighted by molar-refractivity contribution is 7.85. The van der Waals surface area contributed by atoms with E-state index >= 15 is 0 Å². The molecule has 0 aliphatic carbocycles. The second-order valence-corrected chi connectivity index (χ2v) is 5.69. The number of hydrogen-bond acceptors (Lipinski definition) is 6. The lowest BCUT2D eigenvalue weighted by molar-refractivity contribution is -0.388. The van der Waals surface area contributed by atoms with Gasteiger partial charge in [-0.15, -0.1) is 0 Å². The van der Waals surface area contributed by atoms with Crippen molar-refractivity contribution >= 4 is 16.5 Å². The minimum Gasteiger partial charge on any atom is -0.481 e. The molecule has 104 valence electrons. The van der Waals surface area contributed by atoms with E-state index in [1.807, 2.05) is 0 Å². The summed E-state index contributed by atoms with van der Waals surface area (Å²) in [6.45, 7) is 1.04. The van der Waals surface area contributed by atoms with Crippen LogP contribution >= 0.6 is 0 Å². The molecule has 0 aromatic carbocycles. The van der Waals surface area contributed by atoms with Crippen molar-refractivity contribution in [1.82, 2.24) is 4.98 Å². The summed E-state index contributed by atoms with van der Waals surface area (Å²) in [7, 11) is -0.115. The molecular formula is C11H14N2O5S. The van der Waals surface area contributed by atoms with Crippen molar-refractivity contribution in [3.8, 4) is 5.88 Å². The van der Waals surface area contributed by atoms with Crippen LogP contribution in [0.15, 0.2) is 17.2 Å². The molecule has 2 heterocycles. The molecule has 1 aliphatic heterocycles. The molecule has 2 rings (SSSR count). The maximum atomic E-state index is 12.4. The molecule has 1 saturated heterocycles. The first-order valence-electron chi connectivity index (χ1n) is 5.81. The molecule has 0 N–H and O–H groups in total. The number of ether oxygens (including phenoxy) is 2. The number of pyridine rings is 1. The van der Waals surface area contributed by atoms with E-state index < -0.39 is 15.7 Å². The first kappa shape index (κ1) is 13.9. The summed E-state index contributed by atoms with van der Waals surface area (Å²) in [6, 6.07) is 2.67. The molecule has 0 bridgehead atoms. The summed E-state index contributed by atoms with van der Waals surface area (Å²) in [6.07, 6.45) is 1.23. The molecule has 19 heavy (non-hydrogen) atoms. The van der Waals surface area contributed by atoms with Gasteiger partial charge in [-0.2, -0.15) is 4.98 Å². The van der Waals surface area contributed by atoms with E-state index in [4.69, 9.17) is 9.47 Å². The van der Waals surface area contributed by atoms with E-state index in [0.717, 1.165) is 0 Å². The topological polar surface area (TPSA) is 91.6 Å². The van der Waals surface area contributed by atoms with Crippen LogP contribution in [0.5, 0.6) is 5.88 Å². The number of methoxy groups -OCH3 is 1. The second kappa shape index (κ2) is 6.07. The van der Waals surface area contributed by atoms with E-state index in [2.05, 4.69) is 4.98 Å². The minimum atomic E-state index is -1.53. The van der Waals surface area contributed by atoms with Gasteiger partial charge in [0.1, 0.15) is 0 Å². The average Bonchev–Trinajstić information content (AvgIpc) is 2.46. The van der Waals surface area contributed by atoms with Crippen LogP contribution in [0.25, 0.3) is 0 Å². The van der Waals surface area contributed by atoms with E-state index in [1.54, 1.807) is 0 Å². The van der Waals surface area contributed by atoms with Crippen molar-refractivity contribution < 1.29 is 18.6 Å². The Bertz CT molecular complexity index is 502. The highest BCUT2D eigenvalue weighted by Gasteiger charge is 2.29. The summed E-state index contributed by atoms with van der Waals surface area (Å²) in [5, 5.41) is 10.8. The van der Waals surface area contributed by atoms with E-state index in [1.165, 1.54) is 19.2 Å². The molecule has 0 spiro atoms. The van der Waals surface area contributed by atoms with Crippen molar-refractivity contribution in [2.45, 2.75) is 23.1 Å². The van der Waals surface area contributed by atoms with Crippen molar-refractivity contribution in [3.63, 3.8) is 0 Å². The van der Waals surface area contributed by atoms with E-state index in [0.29, 0.717) is 26.1 Å². The van der Waals surface area contributed by atoms with E-state index in [-0.39, 0.29) is 21.8 Å². The van der Waals surface area contributed by atoms with Crippen molar-refractivity contribution in [1.29, 1.82) is 0 Å². The lowest BCUT2D eigenvalue weighted by Gasteiger charge is -2.20. The van der Waals surface area contributed by atoms with Crippen LogP contribution in [0.4, 0.5) is 5.69 Å². The average molecular weight is 286 g/mol. The molecule has 1 aliphatic rings. The van der Waals surface area contributed by atoms with Crippen LogP contribution in [-0.2, 0) is 15.5 Å². The smallest absolute Gasteiger partial charge is 0.304 e. The summed E-state index contributed by atoms with van der Waals surface area (Å²) >= 11 is 0. The minimum absolute atomic E-state index is 0.0174. The molecule has 1 fully saturated rings. The molecule has 1 aromatic heterocycles. The molecule has 0 radical (unpaired) electrons. The van der Waals surface area contributed by atoms with Gasteiger partial charge in [-0.1, -0.05) is 0 Å². The molecule has 0 saturated carbocycles. The normalized spacial score (nSPS) is 17.9. The molecule has 1 unspecified atom stereocenters. The third kappa shape index (κ3) is 3.07. The maximum absolute atomic E-state index is 12.4. The van der Waals surface area contributed by atoms with E-state index in [9.17, 15) is 14.3 Å². The van der Waals surface area contributed by atoms with Gasteiger partial charge in [0.15, 0.2) is 0 Å². The SMILES string of the molecule is COc1ccc([N+](=O)[O-])c(S(=O)C2CCOCC2)n1. The van der Waals surface area contributed by atoms with Gasteiger partial charge in [0.2, 0.25) is 10.9 Å². The van der Waals surface area contributed by atoms with Gasteiger partial charge in [-0.3, -0.25) is 14.3 Å². The lowest BCUT2D eigenvalue weighted by atomic mass is 10.2. The van der Waals surface area contributed by atoms with Crippen LogP contribution in [0, 0.1) is 10.1 Å². The van der Waals surface area contributed by atoms with Crippen LogP contribution in [0.2, 0.25) is 0 Å². The zero-order valence-corrected chi connectivity index (χ0v) is 11.2. The van der Waals surface area contributed by atoms with Crippen LogP contribution in [-0.4, -0.2) is 39.7 Å². The molecule has 0 amide bonds. The number of nitro groups is 1. The third-order valence-electron chi connectivity index (χ3n) is 2.88. The first-order valence-corrected chi connectivity index (χ1v) is 7.02. The van der Waals surface area contributed by atoms with Gasteiger partial charge in [-0.05, 0) is 12.8 Å². The Labute approximate surface area is 112 Å². The van der Waals surface area contributed by atoms with Gasteiger partial charge < -0.3 is 9.47 Å². The van der Waals surface area contributed by atoms with Crippen molar-refractivity contribution in [2.75, 3.05) is 20.3 Å². The van der Waals surface area contributed by atoms with Crippen molar-refractivity contribution in [3.05, 3.63) is 22.2 Å². The summed E-state index contributed by atoms with van der Waals surface area (Å²) < 4.78 is 22.6. The van der Waals surface area contributed by atoms with Crippen LogP contribution in [0.1, 0.15) is 12.8 Å². The summed E-state index contributed by atoms with van der Waals surface area (Å²) in [4.78, 5) is 14.4. The molecule has 1 atom stereocenters. The molecule has 8 heteroatoms. The Hall–Kier alpha value is -1.54. The zero-order chi connectivity index (χ0) is 13.8. The largest absolute Gasteiger partial charge is 0.481 e. The predicted molar refractivity (Wildman–Crippen MR) is 67.7 cm³/mol. The monoisotopic (exact) mass is 286 g/mol. The van der Waals surface area contributed by atoms with Gasteiger partial charge >= 0.3 is 5.69 Å². The molecule has 7 nitrogen and oxygen atoms in total. The van der Waals surface area contributed by atoms with Gasteiger partial charge in [0, 0.05) is 30.6 Å². The summed E-state index contributed by atoms with van der Waals surface area (Å²) in [5.41, 5.74) is -0.231. The fourth-order valence-corrected chi connectivity index (χ4v) is 3.33. The maximum Gasteiger partial charge on any atom is 0.304 e. The lowest BCUT2D eigenvalue weighted by Crippen LogP contribution is -2.25. The number of nitrogens with zero attached hydrogens (tertiary/aromatic N) is 2. The Kier molecular flexibility index (Phi) is 4.43. The zero-order valence-electron chi connectivity index (χ0n) is 10.4. The van der Waals surface area contributed by atoms with Crippen LogP contribution < -0.4 is 4.74 Å². The highest BCUT2D eigenvalue weighted by atomic mass is 32.2. The number of aromatic nitrogens is 1. The van der Waals surface area contributed by atoms with Crippen molar-refractivity contribution in [2.24, 2.45) is 0 Å². The number of hydrogen-bond donors (Lipinski definition) is 0. The van der Waals surface area contributed by atoms with Crippen LogP contribution in [0.3, 0.4) is 0 Å². The standard InChI is InChI=1S/C11H14N2O5S/c1-17-10-3-2-9(13(14)15)11(12-10)19(16)8-4-6-18-7-5-8/h2-3,8H,4-7H2,1H3. The molecule has 1 aromatic rings. The summed E-state index contributed by atoms with van der Waals surface area (Å²) in [5.74, 6) is 0.223. The highest BCUT2D eigenvalue weighted by Crippen LogP contribution is 2.27. The third-order valence-corrected chi connectivity index (χ3v) is 4.64. The number of rotatable bonds is 4. The fourth-order valence-electron chi connectivity index (χ4n) is 1.86.